The van der Waals surface area contributed by atoms with Crippen LogP contribution in [0.4, 0.5) is 10.2 Å². The van der Waals surface area contributed by atoms with Crippen molar-refractivity contribution in [2.45, 2.75) is 26.3 Å². The van der Waals surface area contributed by atoms with Crippen LogP contribution >= 0.6 is 0 Å². The number of rotatable bonds is 9. The van der Waals surface area contributed by atoms with Crippen molar-refractivity contribution in [3.8, 4) is 0 Å². The summed E-state index contributed by atoms with van der Waals surface area (Å²) in [5.74, 6) is 0.239. The van der Waals surface area contributed by atoms with Gasteiger partial charge in [-0.05, 0) is 46.1 Å². The fourth-order valence-corrected chi connectivity index (χ4v) is 2.00. The maximum atomic E-state index is 14.4. The minimum atomic E-state index is -0.205. The third kappa shape index (κ3) is 5.43. The van der Waals surface area contributed by atoms with E-state index in [9.17, 15) is 4.39 Å². The van der Waals surface area contributed by atoms with Gasteiger partial charge in [0.05, 0.1) is 0 Å². The molecule has 1 rings (SSSR count). The lowest BCUT2D eigenvalue weighted by Crippen LogP contribution is -2.25. The van der Waals surface area contributed by atoms with E-state index in [1.165, 1.54) is 0 Å². The molecule has 0 bridgehead atoms. The van der Waals surface area contributed by atoms with Crippen molar-refractivity contribution >= 4 is 5.82 Å². The summed E-state index contributed by atoms with van der Waals surface area (Å²) in [6, 6.07) is 1.75. The molecule has 0 radical (unpaired) electrons. The van der Waals surface area contributed by atoms with Crippen LogP contribution < -0.4 is 10.2 Å². The largest absolute Gasteiger partial charge is 0.357 e. The highest BCUT2D eigenvalue weighted by Crippen LogP contribution is 2.18. The highest BCUT2D eigenvalue weighted by atomic mass is 19.1. The molecule has 0 aliphatic heterocycles. The molecule has 0 saturated carbocycles. The standard InChI is InChI=1S/C15H27FN4/c1-5-8-17-12-13-7-9-18-15(14(13)16)20(4)11-6-10-19(2)3/h7,9,17H,5-6,8,10-12H2,1-4H3. The first-order chi connectivity index (χ1) is 9.56. The minimum absolute atomic E-state index is 0.205. The van der Waals surface area contributed by atoms with Crippen LogP contribution in [0, 0.1) is 5.82 Å². The molecule has 0 atom stereocenters. The molecule has 1 aromatic heterocycles. The number of nitrogens with one attached hydrogen (secondary N) is 1. The van der Waals surface area contributed by atoms with Crippen molar-refractivity contribution in [1.82, 2.24) is 15.2 Å². The minimum Gasteiger partial charge on any atom is -0.357 e. The van der Waals surface area contributed by atoms with E-state index in [1.54, 1.807) is 12.3 Å². The molecular formula is C15H27FN4. The van der Waals surface area contributed by atoms with Crippen molar-refractivity contribution in [2.24, 2.45) is 0 Å². The van der Waals surface area contributed by atoms with Gasteiger partial charge in [0.1, 0.15) is 0 Å². The molecule has 0 spiro atoms. The molecule has 0 fully saturated rings. The van der Waals surface area contributed by atoms with Crippen LogP contribution in [-0.2, 0) is 6.54 Å². The van der Waals surface area contributed by atoms with E-state index < -0.39 is 0 Å². The third-order valence-corrected chi connectivity index (χ3v) is 3.15. The second-order valence-corrected chi connectivity index (χ2v) is 5.36. The summed E-state index contributed by atoms with van der Waals surface area (Å²) in [4.78, 5) is 8.19. The second-order valence-electron chi connectivity index (χ2n) is 5.36. The molecule has 20 heavy (non-hydrogen) atoms. The number of nitrogens with zero attached hydrogens (tertiary/aromatic N) is 3. The van der Waals surface area contributed by atoms with Gasteiger partial charge in [0.15, 0.2) is 11.6 Å². The highest BCUT2D eigenvalue weighted by Gasteiger charge is 2.12. The molecule has 1 heterocycles. The van der Waals surface area contributed by atoms with Crippen LogP contribution in [0.1, 0.15) is 25.3 Å². The predicted molar refractivity (Wildman–Crippen MR) is 82.6 cm³/mol. The molecular weight excluding hydrogens is 255 g/mol. The van der Waals surface area contributed by atoms with Gasteiger partial charge in [0.25, 0.3) is 0 Å². The van der Waals surface area contributed by atoms with E-state index in [2.05, 4.69) is 22.1 Å². The van der Waals surface area contributed by atoms with Crippen molar-refractivity contribution in [3.63, 3.8) is 0 Å². The van der Waals surface area contributed by atoms with Crippen molar-refractivity contribution in [2.75, 3.05) is 45.7 Å². The molecule has 0 aliphatic rings. The normalized spacial score (nSPS) is 11.1. The van der Waals surface area contributed by atoms with Crippen molar-refractivity contribution in [3.05, 3.63) is 23.6 Å². The molecule has 1 aromatic rings. The third-order valence-electron chi connectivity index (χ3n) is 3.15. The van der Waals surface area contributed by atoms with E-state index in [1.807, 2.05) is 26.0 Å². The van der Waals surface area contributed by atoms with E-state index >= 15 is 0 Å². The molecule has 0 unspecified atom stereocenters. The summed E-state index contributed by atoms with van der Waals surface area (Å²) in [6.07, 6.45) is 3.72. The summed E-state index contributed by atoms with van der Waals surface area (Å²) >= 11 is 0. The Morgan fingerprint density at radius 2 is 2.00 bits per heavy atom. The Labute approximate surface area is 122 Å². The molecule has 5 heteroatoms. The van der Waals surface area contributed by atoms with E-state index in [0.717, 1.165) is 32.5 Å². The first kappa shape index (κ1) is 16.9. The molecule has 0 amide bonds. The average Bonchev–Trinajstić information content (AvgIpc) is 2.40. The Bertz CT molecular complexity index is 395. The summed E-state index contributed by atoms with van der Waals surface area (Å²) in [5, 5.41) is 3.22. The summed E-state index contributed by atoms with van der Waals surface area (Å²) < 4.78 is 14.4. The first-order valence-corrected chi connectivity index (χ1v) is 7.26. The van der Waals surface area contributed by atoms with Crippen LogP contribution in [-0.4, -0.2) is 50.7 Å². The zero-order chi connectivity index (χ0) is 15.0. The van der Waals surface area contributed by atoms with Crippen LogP contribution in [0.5, 0.6) is 0 Å². The Morgan fingerprint density at radius 1 is 1.25 bits per heavy atom. The Kier molecular flexibility index (Phi) is 7.47. The number of pyridine rings is 1. The van der Waals surface area contributed by atoms with Crippen molar-refractivity contribution in [1.29, 1.82) is 0 Å². The average molecular weight is 282 g/mol. The molecule has 1 N–H and O–H groups in total. The molecule has 0 saturated heterocycles. The van der Waals surface area contributed by atoms with Gasteiger partial charge in [-0.3, -0.25) is 0 Å². The van der Waals surface area contributed by atoms with Gasteiger partial charge in [-0.25, -0.2) is 9.37 Å². The first-order valence-electron chi connectivity index (χ1n) is 7.26. The molecule has 0 aliphatic carbocycles. The van der Waals surface area contributed by atoms with Gasteiger partial charge in [0.2, 0.25) is 0 Å². The molecule has 114 valence electrons. The van der Waals surface area contributed by atoms with Crippen LogP contribution in [0.2, 0.25) is 0 Å². The summed E-state index contributed by atoms with van der Waals surface area (Å²) in [6.45, 7) is 5.34. The number of hydrogen-bond acceptors (Lipinski definition) is 4. The van der Waals surface area contributed by atoms with E-state index in [0.29, 0.717) is 17.9 Å². The van der Waals surface area contributed by atoms with Gasteiger partial charge in [-0.2, -0.15) is 0 Å². The monoisotopic (exact) mass is 282 g/mol. The van der Waals surface area contributed by atoms with Crippen LogP contribution in [0.25, 0.3) is 0 Å². The van der Waals surface area contributed by atoms with Gasteiger partial charge in [-0.15, -0.1) is 0 Å². The van der Waals surface area contributed by atoms with E-state index in [4.69, 9.17) is 0 Å². The summed E-state index contributed by atoms with van der Waals surface area (Å²) in [7, 11) is 5.97. The smallest absolute Gasteiger partial charge is 0.170 e. The quantitative estimate of drug-likeness (QED) is 0.703. The van der Waals surface area contributed by atoms with Gasteiger partial charge in [-0.1, -0.05) is 6.92 Å². The Balaban J connectivity index is 2.62. The van der Waals surface area contributed by atoms with Crippen molar-refractivity contribution < 1.29 is 4.39 Å². The number of aromatic nitrogens is 1. The van der Waals surface area contributed by atoms with Gasteiger partial charge in [0, 0.05) is 31.9 Å². The zero-order valence-electron chi connectivity index (χ0n) is 13.1. The number of anilines is 1. The number of hydrogen-bond donors (Lipinski definition) is 1. The van der Waals surface area contributed by atoms with Crippen LogP contribution in [0.15, 0.2) is 12.3 Å². The maximum absolute atomic E-state index is 14.4. The fraction of sp³-hybridized carbons (Fsp3) is 0.667. The van der Waals surface area contributed by atoms with Crippen LogP contribution in [0.3, 0.4) is 0 Å². The Hall–Kier alpha value is -1.20. The molecule has 0 aromatic carbocycles. The second kappa shape index (κ2) is 8.87. The van der Waals surface area contributed by atoms with Gasteiger partial charge >= 0.3 is 0 Å². The Morgan fingerprint density at radius 3 is 2.65 bits per heavy atom. The zero-order valence-corrected chi connectivity index (χ0v) is 13.1. The SMILES string of the molecule is CCCNCc1ccnc(N(C)CCCN(C)C)c1F. The lowest BCUT2D eigenvalue weighted by molar-refractivity contribution is 0.401. The topological polar surface area (TPSA) is 31.4 Å². The summed E-state index contributed by atoms with van der Waals surface area (Å²) in [5.41, 5.74) is 0.683. The van der Waals surface area contributed by atoms with E-state index in [-0.39, 0.29) is 5.82 Å². The van der Waals surface area contributed by atoms with Gasteiger partial charge < -0.3 is 15.1 Å². The lowest BCUT2D eigenvalue weighted by Gasteiger charge is -2.21. The molecule has 4 nitrogen and oxygen atoms in total. The maximum Gasteiger partial charge on any atom is 0.170 e. The highest BCUT2D eigenvalue weighted by molar-refractivity contribution is 5.42. The lowest BCUT2D eigenvalue weighted by atomic mass is 10.2. The number of halogens is 1. The fourth-order valence-electron chi connectivity index (χ4n) is 2.00. The predicted octanol–water partition coefficient (Wildman–Crippen LogP) is 2.11.